The number of nitrogens with one attached hydrogen (secondary N) is 1. The Morgan fingerprint density at radius 3 is 2.15 bits per heavy atom. The molecule has 39 heavy (non-hydrogen) atoms. The van der Waals surface area contributed by atoms with Gasteiger partial charge in [-0.1, -0.05) is 53.2 Å². The molecular formula is C32H27N3O2S2. The minimum absolute atomic E-state index is 0.175. The number of pyridine rings is 1. The van der Waals surface area contributed by atoms with Gasteiger partial charge in [-0.2, -0.15) is 0 Å². The quantitative estimate of drug-likeness (QED) is 0.205. The van der Waals surface area contributed by atoms with Crippen molar-refractivity contribution in [2.45, 2.75) is 35.9 Å². The van der Waals surface area contributed by atoms with E-state index in [4.69, 9.17) is 21.4 Å². The standard InChI is InChI=1S/C32H27N3O2S2/c1-21-6-12-24(13-7-21)36-25-14-10-23(11-15-25)35-31(30(34-32(35)38)27-5-3-4-20-33-27)28-18-19-29(37-28)39-26-16-8-22(2)9-17-26/h3-20,30-31H,1-2H3,(H,34,38). The van der Waals surface area contributed by atoms with Gasteiger partial charge in [0.15, 0.2) is 10.2 Å². The SMILES string of the molecule is Cc1ccc(Oc2ccc(N3C(=S)NC(c4ccccn4)C3c3ccc(Sc4ccc(C)cc4)o3)cc2)cc1. The van der Waals surface area contributed by atoms with Crippen molar-refractivity contribution >= 4 is 34.8 Å². The molecule has 5 aromatic rings. The van der Waals surface area contributed by atoms with Gasteiger partial charge < -0.3 is 19.4 Å². The van der Waals surface area contributed by atoms with Crippen LogP contribution >= 0.6 is 24.0 Å². The van der Waals surface area contributed by atoms with Gasteiger partial charge in [0.25, 0.3) is 0 Å². The molecule has 0 spiro atoms. The Kier molecular flexibility index (Phi) is 7.09. The average Bonchev–Trinajstić information content (AvgIpc) is 3.56. The third kappa shape index (κ3) is 5.55. The molecular weight excluding hydrogens is 523 g/mol. The predicted molar refractivity (Wildman–Crippen MR) is 160 cm³/mol. The molecule has 0 aliphatic carbocycles. The maximum Gasteiger partial charge on any atom is 0.174 e. The lowest BCUT2D eigenvalue weighted by atomic mass is 10.0. The van der Waals surface area contributed by atoms with Gasteiger partial charge in [0.1, 0.15) is 23.3 Å². The minimum Gasteiger partial charge on any atom is -0.457 e. The molecule has 1 N–H and O–H groups in total. The fourth-order valence-electron chi connectivity index (χ4n) is 4.61. The van der Waals surface area contributed by atoms with E-state index in [0.717, 1.165) is 38.6 Å². The summed E-state index contributed by atoms with van der Waals surface area (Å²) in [7, 11) is 0. The lowest BCUT2D eigenvalue weighted by Crippen LogP contribution is -2.29. The number of rotatable bonds is 7. The number of hydrogen-bond acceptors (Lipinski definition) is 5. The van der Waals surface area contributed by atoms with Gasteiger partial charge in [-0.25, -0.2) is 0 Å². The molecule has 6 rings (SSSR count). The number of ether oxygens (including phenoxy) is 1. The molecule has 0 amide bonds. The van der Waals surface area contributed by atoms with E-state index in [1.807, 2.05) is 78.9 Å². The van der Waals surface area contributed by atoms with E-state index >= 15 is 0 Å². The predicted octanol–water partition coefficient (Wildman–Crippen LogP) is 8.41. The number of nitrogens with zero attached hydrogens (tertiary/aromatic N) is 2. The highest BCUT2D eigenvalue weighted by Gasteiger charge is 2.42. The number of hydrogen-bond donors (Lipinski definition) is 1. The lowest BCUT2D eigenvalue weighted by molar-refractivity contribution is 0.383. The Labute approximate surface area is 237 Å². The van der Waals surface area contributed by atoms with Crippen molar-refractivity contribution < 1.29 is 9.15 Å². The smallest absolute Gasteiger partial charge is 0.174 e. The van der Waals surface area contributed by atoms with E-state index < -0.39 is 0 Å². The third-order valence-electron chi connectivity index (χ3n) is 6.60. The summed E-state index contributed by atoms with van der Waals surface area (Å²) in [5.74, 6) is 2.37. The lowest BCUT2D eigenvalue weighted by Gasteiger charge is -2.26. The molecule has 1 saturated heterocycles. The van der Waals surface area contributed by atoms with Crippen LogP contribution in [0.3, 0.4) is 0 Å². The Morgan fingerprint density at radius 2 is 1.49 bits per heavy atom. The molecule has 2 atom stereocenters. The molecule has 7 heteroatoms. The Bertz CT molecular complexity index is 1570. The first-order valence-electron chi connectivity index (χ1n) is 12.7. The average molecular weight is 550 g/mol. The summed E-state index contributed by atoms with van der Waals surface area (Å²) in [6.07, 6.45) is 1.80. The van der Waals surface area contributed by atoms with Crippen LogP contribution in [0.1, 0.15) is 34.7 Å². The van der Waals surface area contributed by atoms with Gasteiger partial charge in [0.05, 0.1) is 11.7 Å². The monoisotopic (exact) mass is 549 g/mol. The molecule has 0 bridgehead atoms. The highest BCUT2D eigenvalue weighted by atomic mass is 32.2. The molecule has 0 radical (unpaired) electrons. The van der Waals surface area contributed by atoms with Crippen molar-refractivity contribution in [3.05, 3.63) is 132 Å². The first kappa shape index (κ1) is 25.2. The fourth-order valence-corrected chi connectivity index (χ4v) is 5.73. The van der Waals surface area contributed by atoms with Gasteiger partial charge in [0, 0.05) is 16.8 Å². The van der Waals surface area contributed by atoms with Crippen LogP contribution in [-0.4, -0.2) is 10.1 Å². The van der Waals surface area contributed by atoms with Gasteiger partial charge in [-0.3, -0.25) is 4.98 Å². The summed E-state index contributed by atoms with van der Waals surface area (Å²) in [4.78, 5) is 7.86. The summed E-state index contributed by atoms with van der Waals surface area (Å²) in [6, 6.07) is 34.0. The summed E-state index contributed by atoms with van der Waals surface area (Å²) in [5.41, 5.74) is 4.26. The van der Waals surface area contributed by atoms with Gasteiger partial charge >= 0.3 is 0 Å². The van der Waals surface area contributed by atoms with E-state index in [9.17, 15) is 0 Å². The second kappa shape index (κ2) is 11.0. The zero-order chi connectivity index (χ0) is 26.8. The highest BCUT2D eigenvalue weighted by Crippen LogP contribution is 2.43. The van der Waals surface area contributed by atoms with Crippen LogP contribution in [0.5, 0.6) is 11.5 Å². The van der Waals surface area contributed by atoms with Crippen LogP contribution in [0.2, 0.25) is 0 Å². The van der Waals surface area contributed by atoms with Crippen LogP contribution < -0.4 is 15.0 Å². The van der Waals surface area contributed by atoms with Gasteiger partial charge in [-0.15, -0.1) is 0 Å². The number of anilines is 1. The van der Waals surface area contributed by atoms with E-state index in [0.29, 0.717) is 5.11 Å². The molecule has 194 valence electrons. The van der Waals surface area contributed by atoms with Crippen LogP contribution in [0.25, 0.3) is 0 Å². The topological polar surface area (TPSA) is 50.5 Å². The number of benzene rings is 3. The van der Waals surface area contributed by atoms with Crippen molar-refractivity contribution in [2.24, 2.45) is 0 Å². The second-order valence-electron chi connectivity index (χ2n) is 9.48. The normalized spacial score (nSPS) is 16.8. The number of thiocarbonyl (C=S) groups is 1. The third-order valence-corrected chi connectivity index (χ3v) is 7.85. The first-order chi connectivity index (χ1) is 19.0. The van der Waals surface area contributed by atoms with Crippen molar-refractivity contribution in [1.29, 1.82) is 0 Å². The summed E-state index contributed by atoms with van der Waals surface area (Å²) >= 11 is 7.46. The molecule has 5 nitrogen and oxygen atoms in total. The zero-order valence-corrected chi connectivity index (χ0v) is 23.2. The largest absolute Gasteiger partial charge is 0.457 e. The minimum atomic E-state index is -0.219. The molecule has 2 aromatic heterocycles. The van der Waals surface area contributed by atoms with E-state index in [2.05, 4.69) is 53.3 Å². The number of aromatic nitrogens is 1. The Hall–Kier alpha value is -4.07. The van der Waals surface area contributed by atoms with Crippen LogP contribution in [0.4, 0.5) is 5.69 Å². The summed E-state index contributed by atoms with van der Waals surface area (Å²) in [6.45, 7) is 4.15. The zero-order valence-electron chi connectivity index (χ0n) is 21.6. The maximum atomic E-state index is 6.44. The van der Waals surface area contributed by atoms with Crippen molar-refractivity contribution in [2.75, 3.05) is 4.90 Å². The molecule has 3 heterocycles. The molecule has 3 aromatic carbocycles. The Morgan fingerprint density at radius 1 is 0.821 bits per heavy atom. The molecule has 0 saturated carbocycles. The highest BCUT2D eigenvalue weighted by molar-refractivity contribution is 7.99. The van der Waals surface area contributed by atoms with Crippen molar-refractivity contribution in [1.82, 2.24) is 10.3 Å². The molecule has 1 fully saturated rings. The van der Waals surface area contributed by atoms with E-state index in [1.165, 1.54) is 11.1 Å². The molecule has 1 aliphatic rings. The number of furan rings is 1. The van der Waals surface area contributed by atoms with Crippen LogP contribution in [0.15, 0.2) is 124 Å². The second-order valence-corrected chi connectivity index (χ2v) is 10.9. The molecule has 2 unspecified atom stereocenters. The molecule has 1 aliphatic heterocycles. The maximum absolute atomic E-state index is 6.44. The van der Waals surface area contributed by atoms with Gasteiger partial charge in [-0.05, 0) is 98.9 Å². The summed E-state index contributed by atoms with van der Waals surface area (Å²) in [5, 5.41) is 4.93. The fraction of sp³-hybridized carbons (Fsp3) is 0.125. The summed E-state index contributed by atoms with van der Waals surface area (Å²) < 4.78 is 12.5. The van der Waals surface area contributed by atoms with Gasteiger partial charge in [0.2, 0.25) is 0 Å². The Balaban J connectivity index is 1.30. The number of aryl methyl sites for hydroxylation is 2. The first-order valence-corrected chi connectivity index (χ1v) is 14.0. The van der Waals surface area contributed by atoms with Crippen LogP contribution in [-0.2, 0) is 0 Å². The van der Waals surface area contributed by atoms with E-state index in [1.54, 1.807) is 18.0 Å². The van der Waals surface area contributed by atoms with Crippen molar-refractivity contribution in [3.8, 4) is 11.5 Å². The van der Waals surface area contributed by atoms with E-state index in [-0.39, 0.29) is 12.1 Å². The van der Waals surface area contributed by atoms with Crippen LogP contribution in [0, 0.1) is 13.8 Å². The van der Waals surface area contributed by atoms with Crippen molar-refractivity contribution in [3.63, 3.8) is 0 Å².